The fraction of sp³-hybridized carbons (Fsp3) is 0.522. The molecule has 0 saturated carbocycles. The molecule has 166 valence electrons. The zero-order valence-electron chi connectivity index (χ0n) is 17.9. The van der Waals surface area contributed by atoms with E-state index >= 15 is 0 Å². The molecule has 31 heavy (non-hydrogen) atoms. The molecule has 0 atom stereocenters. The standard InChI is InChI=1S/C23H29N3O4S/c1-16-15-19(24-21(27)18-7-6-14-30-18)31-20(16)23(29)26-12-8-17(9-13-26)22(28)25-10-4-2-3-5-11-25/h6-7,14-15,17H,2-5,8-13H2,1H3,(H,24,27). The van der Waals surface area contributed by atoms with Gasteiger partial charge in [-0.1, -0.05) is 12.8 Å². The van der Waals surface area contributed by atoms with Crippen molar-refractivity contribution in [3.8, 4) is 0 Å². The molecule has 8 heteroatoms. The van der Waals surface area contributed by atoms with Gasteiger partial charge in [-0.25, -0.2) is 0 Å². The van der Waals surface area contributed by atoms with E-state index in [0.29, 0.717) is 35.8 Å². The molecule has 7 nitrogen and oxygen atoms in total. The Morgan fingerprint density at radius 2 is 1.74 bits per heavy atom. The van der Waals surface area contributed by atoms with Crippen molar-refractivity contribution in [2.24, 2.45) is 5.92 Å². The van der Waals surface area contributed by atoms with E-state index in [9.17, 15) is 14.4 Å². The smallest absolute Gasteiger partial charge is 0.291 e. The molecule has 2 aliphatic heterocycles. The Balaban J connectivity index is 1.34. The third-order valence-electron chi connectivity index (χ3n) is 6.14. The Kier molecular flexibility index (Phi) is 6.75. The lowest BCUT2D eigenvalue weighted by Crippen LogP contribution is -2.44. The molecule has 2 aromatic heterocycles. The summed E-state index contributed by atoms with van der Waals surface area (Å²) in [6.45, 7) is 4.81. The van der Waals surface area contributed by atoms with Crippen LogP contribution >= 0.6 is 11.3 Å². The topological polar surface area (TPSA) is 82.9 Å². The van der Waals surface area contributed by atoms with E-state index < -0.39 is 0 Å². The number of hydrogen-bond donors (Lipinski definition) is 1. The Labute approximate surface area is 186 Å². The predicted octanol–water partition coefficient (Wildman–Crippen LogP) is 4.16. The van der Waals surface area contributed by atoms with Crippen molar-refractivity contribution in [2.75, 3.05) is 31.5 Å². The summed E-state index contributed by atoms with van der Waals surface area (Å²) in [6, 6.07) is 5.07. The molecule has 0 radical (unpaired) electrons. The van der Waals surface area contributed by atoms with Gasteiger partial charge in [0.05, 0.1) is 16.1 Å². The molecule has 0 bridgehead atoms. The minimum atomic E-state index is -0.335. The van der Waals surface area contributed by atoms with Crippen LogP contribution in [0.15, 0.2) is 28.9 Å². The predicted molar refractivity (Wildman–Crippen MR) is 119 cm³/mol. The third kappa shape index (κ3) is 5.01. The number of anilines is 1. The van der Waals surface area contributed by atoms with Gasteiger partial charge in [-0.2, -0.15) is 0 Å². The van der Waals surface area contributed by atoms with Gasteiger partial charge in [-0.05, 0) is 56.4 Å². The van der Waals surface area contributed by atoms with E-state index in [4.69, 9.17) is 4.42 Å². The van der Waals surface area contributed by atoms with Gasteiger partial charge in [-0.3, -0.25) is 14.4 Å². The molecular formula is C23H29N3O4S. The van der Waals surface area contributed by atoms with E-state index in [2.05, 4.69) is 5.32 Å². The number of thiophene rings is 1. The number of nitrogens with one attached hydrogen (secondary N) is 1. The molecule has 2 aliphatic rings. The summed E-state index contributed by atoms with van der Waals surface area (Å²) < 4.78 is 5.11. The molecule has 3 amide bonds. The number of carbonyl (C=O) groups is 3. The number of likely N-dealkylation sites (tertiary alicyclic amines) is 2. The maximum Gasteiger partial charge on any atom is 0.291 e. The quantitative estimate of drug-likeness (QED) is 0.769. The molecular weight excluding hydrogens is 414 g/mol. The zero-order chi connectivity index (χ0) is 21.8. The lowest BCUT2D eigenvalue weighted by molar-refractivity contribution is -0.136. The first-order valence-corrected chi connectivity index (χ1v) is 11.9. The summed E-state index contributed by atoms with van der Waals surface area (Å²) >= 11 is 1.28. The highest BCUT2D eigenvalue weighted by molar-refractivity contribution is 7.18. The van der Waals surface area contributed by atoms with Crippen LogP contribution in [0, 0.1) is 12.8 Å². The molecule has 4 heterocycles. The second-order valence-electron chi connectivity index (χ2n) is 8.36. The third-order valence-corrected chi connectivity index (χ3v) is 7.28. The van der Waals surface area contributed by atoms with Crippen LogP contribution in [-0.2, 0) is 4.79 Å². The summed E-state index contributed by atoms with van der Waals surface area (Å²) in [6.07, 6.45) is 7.49. The summed E-state index contributed by atoms with van der Waals surface area (Å²) in [5, 5.41) is 3.41. The van der Waals surface area contributed by atoms with Crippen molar-refractivity contribution < 1.29 is 18.8 Å². The van der Waals surface area contributed by atoms with Crippen LogP contribution in [0.4, 0.5) is 5.00 Å². The molecule has 0 spiro atoms. The lowest BCUT2D eigenvalue weighted by Gasteiger charge is -2.34. The minimum Gasteiger partial charge on any atom is -0.459 e. The van der Waals surface area contributed by atoms with Crippen LogP contribution in [0.25, 0.3) is 0 Å². The second kappa shape index (κ2) is 9.68. The first-order valence-electron chi connectivity index (χ1n) is 11.1. The van der Waals surface area contributed by atoms with Crippen LogP contribution in [0.1, 0.15) is 64.3 Å². The van der Waals surface area contributed by atoms with E-state index in [1.54, 1.807) is 12.1 Å². The van der Waals surface area contributed by atoms with Crippen LogP contribution in [0.2, 0.25) is 0 Å². The van der Waals surface area contributed by atoms with Crippen molar-refractivity contribution in [3.63, 3.8) is 0 Å². The molecule has 0 aliphatic carbocycles. The first-order chi connectivity index (χ1) is 15.0. The van der Waals surface area contributed by atoms with Gasteiger partial charge in [0, 0.05) is 32.1 Å². The first kappa shape index (κ1) is 21.6. The Bertz CT molecular complexity index is 921. The van der Waals surface area contributed by atoms with Crippen LogP contribution in [0.3, 0.4) is 0 Å². The van der Waals surface area contributed by atoms with E-state index in [-0.39, 0.29) is 29.4 Å². The van der Waals surface area contributed by atoms with Crippen molar-refractivity contribution in [3.05, 3.63) is 40.7 Å². The zero-order valence-corrected chi connectivity index (χ0v) is 18.7. The number of rotatable bonds is 4. The van der Waals surface area contributed by atoms with Gasteiger partial charge in [0.1, 0.15) is 0 Å². The highest BCUT2D eigenvalue weighted by Crippen LogP contribution is 2.30. The maximum atomic E-state index is 13.1. The number of carbonyl (C=O) groups excluding carboxylic acids is 3. The number of amides is 3. The largest absolute Gasteiger partial charge is 0.459 e. The van der Waals surface area contributed by atoms with Gasteiger partial charge < -0.3 is 19.5 Å². The normalized spacial score (nSPS) is 18.0. The van der Waals surface area contributed by atoms with Gasteiger partial charge in [-0.15, -0.1) is 11.3 Å². The summed E-state index contributed by atoms with van der Waals surface area (Å²) in [7, 11) is 0. The van der Waals surface area contributed by atoms with Crippen LogP contribution in [-0.4, -0.2) is 53.7 Å². The van der Waals surface area contributed by atoms with Crippen LogP contribution in [0.5, 0.6) is 0 Å². The average molecular weight is 444 g/mol. The number of furan rings is 1. The van der Waals surface area contributed by atoms with Gasteiger partial charge >= 0.3 is 0 Å². The highest BCUT2D eigenvalue weighted by Gasteiger charge is 2.31. The number of hydrogen-bond acceptors (Lipinski definition) is 5. The van der Waals surface area contributed by atoms with Crippen molar-refractivity contribution >= 4 is 34.1 Å². The minimum absolute atomic E-state index is 0.0229. The van der Waals surface area contributed by atoms with Gasteiger partial charge in [0.25, 0.3) is 11.8 Å². The number of nitrogens with zero attached hydrogens (tertiary/aromatic N) is 2. The second-order valence-corrected chi connectivity index (χ2v) is 9.41. The summed E-state index contributed by atoms with van der Waals surface area (Å²) in [5.41, 5.74) is 0.840. The van der Waals surface area contributed by atoms with Crippen molar-refractivity contribution in [1.82, 2.24) is 9.80 Å². The number of aryl methyl sites for hydroxylation is 1. The van der Waals surface area contributed by atoms with Crippen molar-refractivity contribution in [2.45, 2.75) is 45.4 Å². The Morgan fingerprint density at radius 1 is 1.03 bits per heavy atom. The Hall–Kier alpha value is -2.61. The van der Waals surface area contributed by atoms with E-state index in [0.717, 1.165) is 31.5 Å². The van der Waals surface area contributed by atoms with Crippen LogP contribution < -0.4 is 5.32 Å². The van der Waals surface area contributed by atoms with E-state index in [1.807, 2.05) is 22.8 Å². The molecule has 2 fully saturated rings. The van der Waals surface area contributed by atoms with Crippen molar-refractivity contribution in [1.29, 1.82) is 0 Å². The maximum absolute atomic E-state index is 13.1. The molecule has 4 rings (SSSR count). The fourth-order valence-electron chi connectivity index (χ4n) is 4.36. The molecule has 0 aromatic carbocycles. The molecule has 1 N–H and O–H groups in total. The lowest BCUT2D eigenvalue weighted by atomic mass is 9.95. The molecule has 2 aromatic rings. The SMILES string of the molecule is Cc1cc(NC(=O)c2ccco2)sc1C(=O)N1CCC(C(=O)N2CCCCCC2)CC1. The Morgan fingerprint density at radius 3 is 2.39 bits per heavy atom. The number of piperidine rings is 1. The van der Waals surface area contributed by atoms with Gasteiger partial charge in [0.15, 0.2) is 5.76 Å². The monoisotopic (exact) mass is 443 g/mol. The van der Waals surface area contributed by atoms with Gasteiger partial charge in [0.2, 0.25) is 5.91 Å². The molecule has 2 saturated heterocycles. The molecule has 0 unspecified atom stereocenters. The summed E-state index contributed by atoms with van der Waals surface area (Å²) in [5.74, 6) is 0.161. The fourth-order valence-corrected chi connectivity index (χ4v) is 5.40. The average Bonchev–Trinajstić information content (AvgIpc) is 3.35. The summed E-state index contributed by atoms with van der Waals surface area (Å²) in [4.78, 5) is 42.7. The van der Waals surface area contributed by atoms with E-state index in [1.165, 1.54) is 30.4 Å². The highest BCUT2D eigenvalue weighted by atomic mass is 32.1.